The summed E-state index contributed by atoms with van der Waals surface area (Å²) < 4.78 is 32.7. The summed E-state index contributed by atoms with van der Waals surface area (Å²) in [6, 6.07) is 5.13. The first-order chi connectivity index (χ1) is 12.5. The van der Waals surface area contributed by atoms with E-state index in [4.69, 9.17) is 4.74 Å². The lowest BCUT2D eigenvalue weighted by molar-refractivity contribution is 0.0707. The summed E-state index contributed by atoms with van der Waals surface area (Å²) in [5.41, 5.74) is 0.395. The Labute approximate surface area is 155 Å². The van der Waals surface area contributed by atoms with Gasteiger partial charge in [0.15, 0.2) is 0 Å². The quantitative estimate of drug-likeness (QED) is 0.832. The second-order valence-electron chi connectivity index (χ2n) is 6.83. The highest BCUT2D eigenvalue weighted by atomic mass is 32.2. The summed E-state index contributed by atoms with van der Waals surface area (Å²) in [5.74, 6) is 0.155. The van der Waals surface area contributed by atoms with Crippen LogP contribution in [0.15, 0.2) is 23.1 Å². The maximum absolute atomic E-state index is 13.0. The van der Waals surface area contributed by atoms with Crippen molar-refractivity contribution in [1.82, 2.24) is 14.5 Å². The van der Waals surface area contributed by atoms with Crippen molar-refractivity contribution >= 4 is 15.9 Å². The van der Waals surface area contributed by atoms with Crippen LogP contribution in [-0.4, -0.2) is 69.9 Å². The van der Waals surface area contributed by atoms with Crippen molar-refractivity contribution in [3.05, 3.63) is 23.8 Å². The number of hydrogen-bond donors (Lipinski definition) is 1. The van der Waals surface area contributed by atoms with E-state index in [9.17, 15) is 13.2 Å². The maximum atomic E-state index is 13.0. The molecule has 8 heteroatoms. The van der Waals surface area contributed by atoms with E-state index < -0.39 is 10.0 Å². The van der Waals surface area contributed by atoms with Crippen molar-refractivity contribution in [1.29, 1.82) is 0 Å². The average molecular weight is 381 g/mol. The van der Waals surface area contributed by atoms with Crippen LogP contribution in [0.5, 0.6) is 5.75 Å². The van der Waals surface area contributed by atoms with Gasteiger partial charge in [-0.05, 0) is 50.9 Å². The average Bonchev–Trinajstić information content (AvgIpc) is 3.22. The number of likely N-dealkylation sites (tertiary alicyclic amines) is 1. The minimum absolute atomic E-state index is 0.0814. The van der Waals surface area contributed by atoms with Crippen LogP contribution in [0.4, 0.5) is 0 Å². The standard InChI is InChI=1S/C18H27N3O4S/c1-19-15-7-11-20(12-8-15)18(22)14-5-6-16(25-2)17(13-14)26(23,24)21-9-3-4-10-21/h5-6,13,15,19H,3-4,7-12H2,1-2H3. The molecule has 1 amide bonds. The van der Waals surface area contributed by atoms with Crippen molar-refractivity contribution in [2.75, 3.05) is 40.3 Å². The first kappa shape index (κ1) is 19.1. The van der Waals surface area contributed by atoms with Gasteiger partial charge in [0, 0.05) is 37.8 Å². The largest absolute Gasteiger partial charge is 0.495 e. The fraction of sp³-hybridized carbons (Fsp3) is 0.611. The zero-order valence-corrected chi connectivity index (χ0v) is 16.2. The monoisotopic (exact) mass is 381 g/mol. The van der Waals surface area contributed by atoms with Gasteiger partial charge in [0.25, 0.3) is 5.91 Å². The molecule has 26 heavy (non-hydrogen) atoms. The minimum atomic E-state index is -3.65. The fourth-order valence-electron chi connectivity index (χ4n) is 3.63. The van der Waals surface area contributed by atoms with Crippen molar-refractivity contribution in [3.8, 4) is 5.75 Å². The molecular formula is C18H27N3O4S. The molecule has 1 aromatic carbocycles. The third kappa shape index (κ3) is 3.72. The highest BCUT2D eigenvalue weighted by Crippen LogP contribution is 2.30. The van der Waals surface area contributed by atoms with Gasteiger partial charge in [0.1, 0.15) is 10.6 Å². The molecule has 0 radical (unpaired) electrons. The molecule has 0 unspecified atom stereocenters. The number of nitrogens with zero attached hydrogens (tertiary/aromatic N) is 2. The molecule has 0 atom stereocenters. The van der Waals surface area contributed by atoms with Gasteiger partial charge in [-0.2, -0.15) is 4.31 Å². The number of piperidine rings is 1. The van der Waals surface area contributed by atoms with Gasteiger partial charge in [0.05, 0.1) is 7.11 Å². The van der Waals surface area contributed by atoms with Crippen LogP contribution < -0.4 is 10.1 Å². The second-order valence-corrected chi connectivity index (χ2v) is 8.74. The first-order valence-electron chi connectivity index (χ1n) is 9.12. The molecule has 1 N–H and O–H groups in total. The molecule has 1 aromatic rings. The van der Waals surface area contributed by atoms with E-state index in [1.807, 2.05) is 7.05 Å². The lowest BCUT2D eigenvalue weighted by Crippen LogP contribution is -2.44. The van der Waals surface area contributed by atoms with E-state index in [2.05, 4.69) is 5.32 Å². The van der Waals surface area contributed by atoms with E-state index in [1.165, 1.54) is 17.5 Å². The molecule has 2 saturated heterocycles. The molecule has 7 nitrogen and oxygen atoms in total. The Balaban J connectivity index is 1.86. The number of hydrogen-bond acceptors (Lipinski definition) is 5. The van der Waals surface area contributed by atoms with Crippen LogP contribution in [0.1, 0.15) is 36.0 Å². The fourth-order valence-corrected chi connectivity index (χ4v) is 5.33. The molecule has 2 heterocycles. The molecule has 144 valence electrons. The number of methoxy groups -OCH3 is 1. The van der Waals surface area contributed by atoms with Gasteiger partial charge in [-0.15, -0.1) is 0 Å². The van der Waals surface area contributed by atoms with Crippen LogP contribution in [0.3, 0.4) is 0 Å². The van der Waals surface area contributed by atoms with Gasteiger partial charge < -0.3 is 15.0 Å². The van der Waals surface area contributed by atoms with Crippen LogP contribution >= 0.6 is 0 Å². The topological polar surface area (TPSA) is 79.0 Å². The number of benzene rings is 1. The Morgan fingerprint density at radius 1 is 1.15 bits per heavy atom. The van der Waals surface area contributed by atoms with Crippen LogP contribution in [0.25, 0.3) is 0 Å². The third-order valence-corrected chi connectivity index (χ3v) is 7.20. The maximum Gasteiger partial charge on any atom is 0.253 e. The predicted molar refractivity (Wildman–Crippen MR) is 99.0 cm³/mol. The van der Waals surface area contributed by atoms with Crippen molar-refractivity contribution in [2.24, 2.45) is 0 Å². The van der Waals surface area contributed by atoms with Crippen molar-refractivity contribution < 1.29 is 17.9 Å². The zero-order valence-electron chi connectivity index (χ0n) is 15.4. The SMILES string of the molecule is CNC1CCN(C(=O)c2ccc(OC)c(S(=O)(=O)N3CCCC3)c2)CC1. The number of ether oxygens (including phenoxy) is 1. The number of carbonyl (C=O) groups is 1. The molecule has 0 aliphatic carbocycles. The number of amides is 1. The molecule has 0 bridgehead atoms. The molecule has 2 aliphatic heterocycles. The van der Waals surface area contributed by atoms with E-state index in [0.29, 0.717) is 37.8 Å². The second kappa shape index (κ2) is 7.94. The van der Waals surface area contributed by atoms with E-state index in [0.717, 1.165) is 25.7 Å². The van der Waals surface area contributed by atoms with Crippen molar-refractivity contribution in [3.63, 3.8) is 0 Å². The summed E-state index contributed by atoms with van der Waals surface area (Å²) >= 11 is 0. The molecule has 3 rings (SSSR count). The molecular weight excluding hydrogens is 354 g/mol. The Bertz CT molecular complexity index is 752. The number of rotatable bonds is 5. The van der Waals surface area contributed by atoms with E-state index in [-0.39, 0.29) is 16.6 Å². The molecule has 0 saturated carbocycles. The Hall–Kier alpha value is -1.64. The van der Waals surface area contributed by atoms with E-state index >= 15 is 0 Å². The summed E-state index contributed by atoms with van der Waals surface area (Å²) in [6.45, 7) is 2.37. The summed E-state index contributed by atoms with van der Waals surface area (Å²) in [5, 5.41) is 3.24. The van der Waals surface area contributed by atoms with Gasteiger partial charge >= 0.3 is 0 Å². The number of carbonyl (C=O) groups excluding carboxylic acids is 1. The zero-order chi connectivity index (χ0) is 18.7. The Morgan fingerprint density at radius 2 is 1.81 bits per heavy atom. The van der Waals surface area contributed by atoms with E-state index in [1.54, 1.807) is 17.0 Å². The highest BCUT2D eigenvalue weighted by Gasteiger charge is 2.31. The lowest BCUT2D eigenvalue weighted by atomic mass is 10.0. The van der Waals surface area contributed by atoms with Crippen LogP contribution in [0.2, 0.25) is 0 Å². The summed E-state index contributed by atoms with van der Waals surface area (Å²) in [6.07, 6.45) is 3.52. The van der Waals surface area contributed by atoms with Gasteiger partial charge in [-0.1, -0.05) is 0 Å². The van der Waals surface area contributed by atoms with Gasteiger partial charge in [-0.25, -0.2) is 8.42 Å². The van der Waals surface area contributed by atoms with Crippen LogP contribution in [0, 0.1) is 0 Å². The third-order valence-electron chi connectivity index (χ3n) is 5.28. The highest BCUT2D eigenvalue weighted by molar-refractivity contribution is 7.89. The normalized spacial score (nSPS) is 19.7. The molecule has 2 fully saturated rings. The predicted octanol–water partition coefficient (Wildman–Crippen LogP) is 1.30. The van der Waals surface area contributed by atoms with Crippen molar-refractivity contribution in [2.45, 2.75) is 36.6 Å². The number of sulfonamides is 1. The van der Waals surface area contributed by atoms with Gasteiger partial charge in [-0.3, -0.25) is 4.79 Å². The Morgan fingerprint density at radius 3 is 2.38 bits per heavy atom. The van der Waals surface area contributed by atoms with Gasteiger partial charge in [0.2, 0.25) is 10.0 Å². The molecule has 2 aliphatic rings. The Kier molecular flexibility index (Phi) is 5.84. The smallest absolute Gasteiger partial charge is 0.253 e. The summed E-state index contributed by atoms with van der Waals surface area (Å²) in [7, 11) is -0.275. The first-order valence-corrected chi connectivity index (χ1v) is 10.6. The summed E-state index contributed by atoms with van der Waals surface area (Å²) in [4.78, 5) is 14.7. The van der Waals surface area contributed by atoms with Crippen LogP contribution in [-0.2, 0) is 10.0 Å². The molecule has 0 aromatic heterocycles. The lowest BCUT2D eigenvalue weighted by Gasteiger charge is -2.32. The minimum Gasteiger partial charge on any atom is -0.495 e. The number of nitrogens with one attached hydrogen (secondary N) is 1. The molecule has 0 spiro atoms.